The van der Waals surface area contributed by atoms with Crippen LogP contribution in [0.3, 0.4) is 0 Å². The summed E-state index contributed by atoms with van der Waals surface area (Å²) in [6.07, 6.45) is 20.4. The van der Waals surface area contributed by atoms with Crippen molar-refractivity contribution in [2.45, 2.75) is 209 Å². The molecular formula is C64H99Cl2F8N2O2PRu. The van der Waals surface area contributed by atoms with Crippen LogP contribution in [-0.2, 0) is 23.0 Å². The van der Waals surface area contributed by atoms with Gasteiger partial charge in [0, 0.05) is 32.4 Å². The number of ether oxygens (including phenoxy) is 2. The first kappa shape index (κ1) is 78.8. The molecule has 1 saturated heterocycles. The predicted octanol–water partition coefficient (Wildman–Crippen LogP) is 23.1. The van der Waals surface area contributed by atoms with Crippen molar-refractivity contribution in [3.8, 4) is 0 Å². The number of anilines is 2. The fraction of sp³-hybridized carbons (Fsp3) is 0.562. The first-order chi connectivity index (χ1) is 37.2. The fourth-order valence-electron chi connectivity index (χ4n) is 10.7. The van der Waals surface area contributed by atoms with Gasteiger partial charge in [0.05, 0.1) is 36.5 Å². The van der Waals surface area contributed by atoms with Crippen LogP contribution in [-0.4, -0.2) is 47.9 Å². The summed E-state index contributed by atoms with van der Waals surface area (Å²) in [5.74, 6) is 0. The summed E-state index contributed by atoms with van der Waals surface area (Å²) in [4.78, 5) is 4.81. The SMILES string of the molecule is C.C.C1CCC([PH+](C2CCCCC2)C2CCCCC2)CC1.C=C(F)F.C=COCCCC.CCCCOC=C(F)F.Cc1cc(C)c(N2[CH-]N(c3c(C)cc(C)cc3C)CC2)c(C)c1.FC(F)=C(F)F.[Cl][Ru]([Cl])=[CH]c1ccccc1. The molecule has 0 spiro atoms. The summed E-state index contributed by atoms with van der Waals surface area (Å²) in [7, 11) is 11.3. The summed E-state index contributed by atoms with van der Waals surface area (Å²) in [6.45, 7) is 28.5. The summed E-state index contributed by atoms with van der Waals surface area (Å²) < 4.78 is 95.0. The van der Waals surface area contributed by atoms with Crippen LogP contribution >= 0.6 is 27.3 Å². The molecule has 460 valence electrons. The number of halogens is 10. The van der Waals surface area contributed by atoms with Crippen molar-refractivity contribution in [1.82, 2.24) is 0 Å². The Morgan fingerprint density at radius 2 is 0.938 bits per heavy atom. The van der Waals surface area contributed by atoms with Gasteiger partial charge in [-0.25, -0.2) is 0 Å². The van der Waals surface area contributed by atoms with E-state index in [1.807, 2.05) is 41.9 Å². The molecule has 4 aliphatic rings. The number of aryl methyl sites for hydroxylation is 6. The van der Waals surface area contributed by atoms with Gasteiger partial charge in [0.2, 0.25) is 0 Å². The van der Waals surface area contributed by atoms with Crippen molar-refractivity contribution in [1.29, 1.82) is 0 Å². The molecule has 0 N–H and O–H groups in total. The third-order valence-corrected chi connectivity index (χ3v) is 20.0. The molecule has 0 aromatic heterocycles. The van der Waals surface area contributed by atoms with E-state index in [-0.39, 0.29) is 22.8 Å². The quantitative estimate of drug-likeness (QED) is 0.0401. The topological polar surface area (TPSA) is 24.9 Å². The summed E-state index contributed by atoms with van der Waals surface area (Å²) in [6, 6.07) is 19.0. The van der Waals surface area contributed by atoms with Gasteiger partial charge in [0.1, 0.15) is 6.26 Å². The Balaban J connectivity index is 0. The Morgan fingerprint density at radius 1 is 0.600 bits per heavy atom. The molecule has 3 aromatic carbocycles. The van der Waals surface area contributed by atoms with Crippen LogP contribution in [0.4, 0.5) is 46.5 Å². The third-order valence-electron chi connectivity index (χ3n) is 13.6. The Morgan fingerprint density at radius 3 is 1.23 bits per heavy atom. The van der Waals surface area contributed by atoms with Gasteiger partial charge in [-0.2, -0.15) is 41.8 Å². The number of rotatable bonds is 14. The van der Waals surface area contributed by atoms with E-state index in [1.165, 1.54) is 74.4 Å². The molecule has 0 bridgehead atoms. The molecule has 3 saturated carbocycles. The van der Waals surface area contributed by atoms with Gasteiger partial charge in [0.25, 0.3) is 6.08 Å². The predicted molar refractivity (Wildman–Crippen MR) is 331 cm³/mol. The summed E-state index contributed by atoms with van der Waals surface area (Å²) in [5, 5.41) is 0. The first-order valence-electron chi connectivity index (χ1n) is 27.7. The molecule has 4 fully saturated rings. The Kier molecular flexibility index (Phi) is 46.5. The first-order valence-corrected chi connectivity index (χ1v) is 34.9. The third kappa shape index (κ3) is 35.0. The zero-order valence-corrected chi connectivity index (χ0v) is 52.0. The molecule has 80 heavy (non-hydrogen) atoms. The molecule has 3 aliphatic carbocycles. The number of hydrogen-bond acceptors (Lipinski definition) is 4. The Labute approximate surface area is 494 Å². The van der Waals surface area contributed by atoms with Crippen LogP contribution in [0.2, 0.25) is 0 Å². The van der Waals surface area contributed by atoms with Crippen molar-refractivity contribution >= 4 is 43.3 Å². The Bertz CT molecular complexity index is 2040. The van der Waals surface area contributed by atoms with E-state index in [0.29, 0.717) is 12.9 Å². The van der Waals surface area contributed by atoms with Crippen LogP contribution < -0.4 is 9.80 Å². The van der Waals surface area contributed by atoms with Gasteiger partial charge in [-0.15, -0.1) is 0 Å². The van der Waals surface area contributed by atoms with E-state index >= 15 is 0 Å². The van der Waals surface area contributed by atoms with Gasteiger partial charge < -0.3 is 19.3 Å². The van der Waals surface area contributed by atoms with Crippen molar-refractivity contribution in [2.75, 3.05) is 36.1 Å². The molecule has 4 nitrogen and oxygen atoms in total. The van der Waals surface area contributed by atoms with Crippen LogP contribution in [0.1, 0.15) is 190 Å². The fourth-order valence-corrected chi connectivity index (χ4v) is 17.7. The van der Waals surface area contributed by atoms with Gasteiger partial charge in [0.15, 0.2) is 0 Å². The van der Waals surface area contributed by atoms with E-state index in [4.69, 9.17) is 24.1 Å². The minimum absolute atomic E-state index is 0. The van der Waals surface area contributed by atoms with E-state index in [1.54, 1.807) is 96.3 Å². The van der Waals surface area contributed by atoms with E-state index in [0.717, 1.165) is 44.5 Å². The molecule has 0 unspecified atom stereocenters. The molecule has 3 aromatic rings. The average Bonchev–Trinajstić information content (AvgIpc) is 3.85. The zero-order chi connectivity index (χ0) is 58.4. The number of nitrogens with zero attached hydrogens (tertiary/aromatic N) is 2. The monoisotopic (exact) mass is 1280 g/mol. The van der Waals surface area contributed by atoms with Crippen LogP contribution in [0.5, 0.6) is 0 Å². The molecular weight excluding hydrogens is 1180 g/mol. The van der Waals surface area contributed by atoms with E-state index in [9.17, 15) is 35.1 Å². The minimum atomic E-state index is -2.91. The van der Waals surface area contributed by atoms with Crippen molar-refractivity contribution < 1.29 is 58.1 Å². The molecule has 1 heterocycles. The van der Waals surface area contributed by atoms with E-state index < -0.39 is 37.8 Å². The van der Waals surface area contributed by atoms with Gasteiger partial charge in [-0.1, -0.05) is 103 Å². The second-order valence-electron chi connectivity index (χ2n) is 20.1. The Hall–Kier alpha value is -3.24. The average molecular weight is 1280 g/mol. The number of unbranched alkanes of at least 4 members (excludes halogenated alkanes) is 2. The van der Waals surface area contributed by atoms with Gasteiger partial charge in [-0.3, -0.25) is 0 Å². The van der Waals surface area contributed by atoms with Crippen molar-refractivity contribution in [2.24, 2.45) is 0 Å². The van der Waals surface area contributed by atoms with Crippen LogP contribution in [0.15, 0.2) is 105 Å². The summed E-state index contributed by atoms with van der Waals surface area (Å²) >= 11 is -1.61. The molecule has 1 aliphatic heterocycles. The van der Waals surface area contributed by atoms with Gasteiger partial charge >= 0.3 is 91.6 Å². The molecule has 7 rings (SSSR count). The second kappa shape index (κ2) is 47.2. The van der Waals surface area contributed by atoms with Crippen molar-refractivity contribution in [3.63, 3.8) is 0 Å². The molecule has 0 radical (unpaired) electrons. The van der Waals surface area contributed by atoms with Gasteiger partial charge in [-0.05, 0) is 160 Å². The van der Waals surface area contributed by atoms with Crippen LogP contribution in [0, 0.1) is 48.2 Å². The second-order valence-corrected chi connectivity index (χ2v) is 29.3. The maximum absolute atomic E-state index is 11.2. The van der Waals surface area contributed by atoms with E-state index in [2.05, 4.69) is 107 Å². The maximum atomic E-state index is 11.2. The standard InChI is InChI=1S/C21H27N2.C18H33P.C7H6.C6H10F2O.C6H12O.C2F4.C2H2F2.2CH4.2ClH.Ru/c1-14-9-16(3)20(17(4)10-14)22-7-8-23(13-22)21-18(5)11-15(2)12-19(21)6;1-4-10-16(11-5-1)19(17-12-6-2-7-13-17)18-14-8-3-9-15-18;1-7-5-3-2-4-6-7;1-2-3-4-9-5-6(7)8;1-3-5-6-7-4-2;3-1(4)2(5)6;1-2(3)4;;;;;/h9-13H,7-8H2,1-6H3;16-18H,1-15H2;1-6H;5H,2-4H2,1H3;4H,2-3,5-6H2,1H3;;1H2;2*1H4;2*1H;/q-1;;;;;;;;;;;+2/p-1. The zero-order valence-electron chi connectivity index (χ0n) is 47.8. The number of benzene rings is 3. The number of hydrogen-bond donors (Lipinski definition) is 0. The van der Waals surface area contributed by atoms with Crippen LogP contribution in [0.25, 0.3) is 0 Å². The van der Waals surface area contributed by atoms with Crippen molar-refractivity contribution in [3.05, 3.63) is 150 Å². The molecule has 0 atom stereocenters. The molecule has 16 heteroatoms. The summed E-state index contributed by atoms with van der Waals surface area (Å²) in [5.41, 5.74) is 15.6. The normalized spacial score (nSPS) is 15.1. The molecule has 0 amide bonds.